The van der Waals surface area contributed by atoms with Gasteiger partial charge in [0.05, 0.1) is 16.8 Å². The molecule has 2 aromatic heterocycles. The van der Waals surface area contributed by atoms with Gasteiger partial charge in [-0.15, -0.1) is 0 Å². The van der Waals surface area contributed by atoms with Crippen LogP contribution >= 0.6 is 0 Å². The summed E-state index contributed by atoms with van der Waals surface area (Å²) in [5.41, 5.74) is 5.62. The molecule has 75 heavy (non-hydrogen) atoms. The molecule has 8 rings (SSSR count). The van der Waals surface area contributed by atoms with Crippen molar-refractivity contribution >= 4 is 64.6 Å². The van der Waals surface area contributed by atoms with Crippen molar-refractivity contribution < 1.29 is 43.1 Å². The van der Waals surface area contributed by atoms with Crippen LogP contribution in [-0.2, 0) is 30.5 Å². The second-order valence-electron chi connectivity index (χ2n) is 18.7. The highest BCUT2D eigenvalue weighted by molar-refractivity contribution is 6.24. The number of carbonyl (C=O) groups excluding carboxylic acids is 8. The molecule has 2 fully saturated rings. The number of benzene rings is 3. The molecule has 390 valence electrons. The number of piperazine rings is 1. The molecular formula is C55H61N11O9. The fourth-order valence-electron chi connectivity index (χ4n) is 9.11. The van der Waals surface area contributed by atoms with Crippen molar-refractivity contribution in [3.63, 3.8) is 0 Å². The lowest BCUT2D eigenvalue weighted by molar-refractivity contribution is -0.136. The van der Waals surface area contributed by atoms with E-state index in [-0.39, 0.29) is 72.8 Å². The van der Waals surface area contributed by atoms with E-state index in [4.69, 9.17) is 4.74 Å². The minimum atomic E-state index is -1.10. The van der Waals surface area contributed by atoms with Crippen molar-refractivity contribution in [3.05, 3.63) is 125 Å². The third-order valence-electron chi connectivity index (χ3n) is 13.3. The van der Waals surface area contributed by atoms with Gasteiger partial charge in [-0.3, -0.25) is 58.5 Å². The highest BCUT2D eigenvalue weighted by Gasteiger charge is 2.46. The molecular weight excluding hydrogens is 959 g/mol. The molecule has 0 saturated carbocycles. The molecule has 0 spiro atoms. The van der Waals surface area contributed by atoms with Crippen molar-refractivity contribution in [1.82, 2.24) is 45.6 Å². The summed E-state index contributed by atoms with van der Waals surface area (Å²) < 4.78 is 5.64. The Bertz CT molecular complexity index is 2910. The van der Waals surface area contributed by atoms with Crippen molar-refractivity contribution in [3.8, 4) is 17.0 Å². The highest BCUT2D eigenvalue weighted by atomic mass is 16.5. The molecule has 20 nitrogen and oxygen atoms in total. The molecule has 0 aliphatic carbocycles. The fraction of sp³-hybridized carbons (Fsp3) is 0.364. The van der Waals surface area contributed by atoms with Gasteiger partial charge in [0, 0.05) is 106 Å². The van der Waals surface area contributed by atoms with Gasteiger partial charge in [-0.05, 0) is 91.9 Å². The topological polar surface area (TPSA) is 254 Å². The van der Waals surface area contributed by atoms with Crippen LogP contribution in [0.15, 0.2) is 97.5 Å². The Morgan fingerprint density at radius 2 is 1.52 bits per heavy atom. The minimum absolute atomic E-state index is 0.00961. The zero-order chi connectivity index (χ0) is 52.7. The van der Waals surface area contributed by atoms with Crippen LogP contribution in [0, 0.1) is 6.92 Å². The summed E-state index contributed by atoms with van der Waals surface area (Å²) >= 11 is 0. The molecule has 1 unspecified atom stereocenters. The summed E-state index contributed by atoms with van der Waals surface area (Å²) in [6, 6.07) is 22.1. The van der Waals surface area contributed by atoms with E-state index in [2.05, 4.69) is 46.4 Å². The lowest BCUT2D eigenvalue weighted by Gasteiger charge is -2.34. The van der Waals surface area contributed by atoms with Gasteiger partial charge in [0.2, 0.25) is 29.6 Å². The van der Waals surface area contributed by atoms with E-state index in [1.165, 1.54) is 18.2 Å². The number of aromatic nitrogens is 3. The van der Waals surface area contributed by atoms with Crippen LogP contribution in [0.4, 0.5) is 17.3 Å². The average Bonchev–Trinajstić information content (AvgIpc) is 3.67. The Morgan fingerprint density at radius 1 is 0.773 bits per heavy atom. The normalized spacial score (nSPS) is 15.5. The lowest BCUT2D eigenvalue weighted by Crippen LogP contribution is -2.54. The van der Waals surface area contributed by atoms with E-state index < -0.39 is 29.7 Å². The van der Waals surface area contributed by atoms with E-state index in [0.717, 1.165) is 71.5 Å². The molecule has 5 aromatic rings. The SMILES string of the molecule is Cc1ccc(NC(=O)c2ccc(CN3CCN(C(=O)CCC(=O)NCCCCCCCCNC(=O)COc4cccc5c4C(=O)N(C4CCC(=O)NC4=O)C5=O)CC3)cc2)cc1Nc1nccc(-c2cccnc2)n1. The molecule has 20 heteroatoms. The average molecular weight is 1020 g/mol. The first-order valence-electron chi connectivity index (χ1n) is 25.4. The predicted octanol–water partition coefficient (Wildman–Crippen LogP) is 5.32. The van der Waals surface area contributed by atoms with Gasteiger partial charge < -0.3 is 30.9 Å². The number of ether oxygens (including phenoxy) is 1. The minimum Gasteiger partial charge on any atom is -0.483 e. The zero-order valence-electron chi connectivity index (χ0n) is 41.9. The number of carbonyl (C=O) groups is 8. The second-order valence-corrected chi connectivity index (χ2v) is 18.7. The molecule has 2 saturated heterocycles. The van der Waals surface area contributed by atoms with E-state index in [1.807, 2.05) is 72.5 Å². The number of amides is 8. The first-order valence-corrected chi connectivity index (χ1v) is 25.4. The number of anilines is 3. The number of piperidine rings is 1. The fourth-order valence-corrected chi connectivity index (χ4v) is 9.11. The summed E-state index contributed by atoms with van der Waals surface area (Å²) in [5, 5.41) is 14.2. The van der Waals surface area contributed by atoms with E-state index in [9.17, 15) is 38.4 Å². The number of pyridine rings is 1. The van der Waals surface area contributed by atoms with Crippen molar-refractivity contribution in [1.29, 1.82) is 0 Å². The standard InChI is InChI=1S/C55H61N11O9/c1-36-13-18-40(32-43(36)62-55-59-27-23-42(61-55)39-10-9-24-56-33-39)60-51(71)38-16-14-37(15-17-38)34-64-28-30-65(31-29-64)49(70)22-21-46(67)57-25-6-4-2-3-5-7-26-58-48(69)35-75-45-12-8-11-41-50(45)54(74)66(53(41)73)44-19-20-47(68)63-52(44)72/h8-18,23-24,27,32-33,44H,2-7,19-22,25-26,28-31,34-35H2,1H3,(H,57,67)(H,58,69)(H,60,71)(H,59,61,62)(H,63,68,72). The van der Waals surface area contributed by atoms with Crippen LogP contribution in [0.25, 0.3) is 11.3 Å². The van der Waals surface area contributed by atoms with Gasteiger partial charge in [-0.25, -0.2) is 9.97 Å². The maximum absolute atomic E-state index is 13.2. The maximum atomic E-state index is 13.2. The second kappa shape index (κ2) is 25.5. The largest absolute Gasteiger partial charge is 0.483 e. The monoisotopic (exact) mass is 1020 g/mol. The van der Waals surface area contributed by atoms with Gasteiger partial charge in [0.25, 0.3) is 23.6 Å². The molecule has 0 radical (unpaired) electrons. The Labute approximate surface area is 434 Å². The Hall–Kier alpha value is -8.39. The third kappa shape index (κ3) is 14.2. The molecule has 3 aliphatic heterocycles. The molecule has 5 heterocycles. The third-order valence-corrected chi connectivity index (χ3v) is 13.3. The number of hydrogen-bond donors (Lipinski definition) is 5. The zero-order valence-corrected chi connectivity index (χ0v) is 41.9. The molecule has 3 aromatic carbocycles. The van der Waals surface area contributed by atoms with Crippen LogP contribution in [0.5, 0.6) is 5.75 Å². The Balaban J connectivity index is 0.640. The predicted molar refractivity (Wildman–Crippen MR) is 278 cm³/mol. The number of nitrogens with one attached hydrogen (secondary N) is 5. The van der Waals surface area contributed by atoms with Crippen LogP contribution in [0.2, 0.25) is 0 Å². The van der Waals surface area contributed by atoms with Crippen molar-refractivity contribution in [2.45, 2.75) is 83.7 Å². The van der Waals surface area contributed by atoms with E-state index >= 15 is 0 Å². The highest BCUT2D eigenvalue weighted by Crippen LogP contribution is 2.34. The van der Waals surface area contributed by atoms with Gasteiger partial charge in [-0.2, -0.15) is 0 Å². The molecule has 3 aliphatic rings. The summed E-state index contributed by atoms with van der Waals surface area (Å²) in [7, 11) is 0. The molecule has 8 amide bonds. The van der Waals surface area contributed by atoms with E-state index in [1.54, 1.807) is 18.6 Å². The lowest BCUT2D eigenvalue weighted by atomic mass is 10.0. The van der Waals surface area contributed by atoms with Crippen LogP contribution in [0.1, 0.15) is 106 Å². The smallest absolute Gasteiger partial charge is 0.266 e. The van der Waals surface area contributed by atoms with Crippen molar-refractivity contribution in [2.24, 2.45) is 0 Å². The maximum Gasteiger partial charge on any atom is 0.266 e. The van der Waals surface area contributed by atoms with Crippen LogP contribution in [-0.4, -0.2) is 129 Å². The Morgan fingerprint density at radius 3 is 2.25 bits per heavy atom. The number of imide groups is 2. The summed E-state index contributed by atoms with van der Waals surface area (Å²) in [4.78, 5) is 120. The number of aryl methyl sites for hydroxylation is 1. The van der Waals surface area contributed by atoms with Crippen LogP contribution < -0.4 is 31.3 Å². The van der Waals surface area contributed by atoms with Gasteiger partial charge >= 0.3 is 0 Å². The molecule has 0 bridgehead atoms. The van der Waals surface area contributed by atoms with Gasteiger partial charge in [-0.1, -0.05) is 49.9 Å². The van der Waals surface area contributed by atoms with Crippen LogP contribution in [0.3, 0.4) is 0 Å². The summed E-state index contributed by atoms with van der Waals surface area (Å²) in [6.45, 7) is 5.84. The number of hydrogen-bond acceptors (Lipinski definition) is 14. The summed E-state index contributed by atoms with van der Waals surface area (Å²) in [5.74, 6) is -2.82. The quantitative estimate of drug-likeness (QED) is 0.0410. The molecule has 1 atom stereocenters. The number of rotatable bonds is 23. The first kappa shape index (κ1) is 52.9. The van der Waals surface area contributed by atoms with Crippen molar-refractivity contribution in [2.75, 3.05) is 56.5 Å². The molecule has 5 N–H and O–H groups in total. The first-order chi connectivity index (χ1) is 36.4. The van der Waals surface area contributed by atoms with E-state index in [0.29, 0.717) is 63.0 Å². The summed E-state index contributed by atoms with van der Waals surface area (Å²) in [6.07, 6.45) is 10.8. The van der Waals surface area contributed by atoms with Gasteiger partial charge in [0.1, 0.15) is 11.8 Å². The number of unbranched alkanes of at least 4 members (excludes halogenated alkanes) is 5. The number of nitrogens with zero attached hydrogens (tertiary/aromatic N) is 6. The number of fused-ring (bicyclic) bond motifs is 1. The van der Waals surface area contributed by atoms with Gasteiger partial charge in [0.15, 0.2) is 6.61 Å². The Kier molecular flexibility index (Phi) is 18.0.